The number of carbonyl (C=O) groups excluding carboxylic acids is 3. The highest BCUT2D eigenvalue weighted by Gasteiger charge is 2.40. The molecule has 2 N–H and O–H groups in total. The van der Waals surface area contributed by atoms with Crippen molar-refractivity contribution in [3.63, 3.8) is 0 Å². The van der Waals surface area contributed by atoms with Crippen molar-refractivity contribution in [2.75, 3.05) is 53.9 Å². The molecule has 1 fully saturated rings. The van der Waals surface area contributed by atoms with Crippen LogP contribution in [0.4, 0.5) is 0 Å². The van der Waals surface area contributed by atoms with Crippen molar-refractivity contribution in [1.29, 1.82) is 0 Å². The Morgan fingerprint density at radius 2 is 1.82 bits per heavy atom. The van der Waals surface area contributed by atoms with Gasteiger partial charge in [-0.15, -0.1) is 0 Å². The third-order valence-corrected chi connectivity index (χ3v) is 6.16. The molecule has 0 bridgehead atoms. The van der Waals surface area contributed by atoms with Crippen LogP contribution in [0.25, 0.3) is 0 Å². The van der Waals surface area contributed by atoms with Gasteiger partial charge in [0.25, 0.3) is 0 Å². The maximum absolute atomic E-state index is 13.6. The molecule has 1 heterocycles. The Labute approximate surface area is 205 Å². The summed E-state index contributed by atoms with van der Waals surface area (Å²) in [5.74, 6) is -0.199. The Kier molecular flexibility index (Phi) is 10.5. The van der Waals surface area contributed by atoms with E-state index in [4.69, 9.17) is 0 Å². The van der Waals surface area contributed by atoms with Crippen LogP contribution in [0.2, 0.25) is 0 Å². The van der Waals surface area contributed by atoms with E-state index in [1.54, 1.807) is 7.05 Å². The number of likely N-dealkylation sites (N-methyl/N-ethyl adjacent to an activating group) is 2. The largest absolute Gasteiger partial charge is 0.343 e. The van der Waals surface area contributed by atoms with Gasteiger partial charge in [-0.2, -0.15) is 0 Å². The lowest BCUT2D eigenvalue weighted by atomic mass is 9.85. The molecule has 8 heteroatoms. The summed E-state index contributed by atoms with van der Waals surface area (Å²) in [6.45, 7) is 8.15. The van der Waals surface area contributed by atoms with Gasteiger partial charge in [-0.25, -0.2) is 0 Å². The first-order valence-electron chi connectivity index (χ1n) is 12.2. The summed E-state index contributed by atoms with van der Waals surface area (Å²) >= 11 is 0. The van der Waals surface area contributed by atoms with E-state index in [0.29, 0.717) is 26.2 Å². The minimum absolute atomic E-state index is 0.0552. The fourth-order valence-electron chi connectivity index (χ4n) is 4.35. The number of nitrogens with one attached hydrogen (secondary N) is 2. The van der Waals surface area contributed by atoms with Gasteiger partial charge >= 0.3 is 0 Å². The quantitative estimate of drug-likeness (QED) is 0.507. The summed E-state index contributed by atoms with van der Waals surface area (Å²) in [6, 6.07) is 9.47. The Bertz CT molecular complexity index is 806. The van der Waals surface area contributed by atoms with Gasteiger partial charge < -0.3 is 25.3 Å². The molecule has 0 aliphatic carbocycles. The van der Waals surface area contributed by atoms with Gasteiger partial charge in [-0.05, 0) is 51.4 Å². The smallest absolute Gasteiger partial charge is 0.246 e. The minimum atomic E-state index is -0.621. The molecule has 0 unspecified atom stereocenters. The SMILES string of the molecule is CNCC(=O)N[C@H](C(=O)N1CCC[C@H]1CN(CCc1ccccc1)C(=O)CN(C)C)C(C)(C)C. The van der Waals surface area contributed by atoms with E-state index in [0.717, 1.165) is 19.3 Å². The number of hydrogen-bond donors (Lipinski definition) is 2. The second-order valence-electron chi connectivity index (χ2n) is 10.5. The standard InChI is InChI=1S/C26H43N5O3/c1-26(2,3)24(28-22(32)17-27-4)25(34)31-15-10-13-21(31)18-30(23(33)19-29(5)6)16-14-20-11-8-7-9-12-20/h7-9,11-12,21,24,27H,10,13-19H2,1-6H3,(H,28,32)/t21-,24+/m0/s1. The number of carbonyl (C=O) groups is 3. The van der Waals surface area contributed by atoms with E-state index in [-0.39, 0.29) is 30.3 Å². The monoisotopic (exact) mass is 473 g/mol. The molecular formula is C26H43N5O3. The van der Waals surface area contributed by atoms with Crippen molar-refractivity contribution in [3.8, 4) is 0 Å². The number of hydrogen-bond acceptors (Lipinski definition) is 5. The summed E-state index contributed by atoms with van der Waals surface area (Å²) in [5, 5.41) is 5.76. The van der Waals surface area contributed by atoms with Crippen LogP contribution >= 0.6 is 0 Å². The average molecular weight is 474 g/mol. The minimum Gasteiger partial charge on any atom is -0.343 e. The molecule has 1 saturated heterocycles. The van der Waals surface area contributed by atoms with Crippen LogP contribution in [-0.4, -0.2) is 98.4 Å². The molecule has 0 spiro atoms. The maximum Gasteiger partial charge on any atom is 0.246 e. The molecule has 2 atom stereocenters. The first kappa shape index (κ1) is 27.8. The molecule has 0 saturated carbocycles. The van der Waals surface area contributed by atoms with Crippen molar-refractivity contribution in [1.82, 2.24) is 25.3 Å². The summed E-state index contributed by atoms with van der Waals surface area (Å²) < 4.78 is 0. The van der Waals surface area contributed by atoms with Crippen molar-refractivity contribution < 1.29 is 14.4 Å². The highest BCUT2D eigenvalue weighted by molar-refractivity contribution is 5.89. The zero-order chi connectivity index (χ0) is 25.3. The van der Waals surface area contributed by atoms with Gasteiger partial charge in [-0.3, -0.25) is 14.4 Å². The van der Waals surface area contributed by atoms with Gasteiger partial charge in [0.2, 0.25) is 17.7 Å². The molecule has 0 aromatic heterocycles. The lowest BCUT2D eigenvalue weighted by Gasteiger charge is -2.37. The van der Waals surface area contributed by atoms with E-state index >= 15 is 0 Å². The molecule has 3 amide bonds. The zero-order valence-electron chi connectivity index (χ0n) is 21.8. The fourth-order valence-corrected chi connectivity index (χ4v) is 4.35. The van der Waals surface area contributed by atoms with Crippen LogP contribution in [0.1, 0.15) is 39.2 Å². The third-order valence-electron chi connectivity index (χ3n) is 6.16. The molecule has 1 aliphatic rings. The van der Waals surface area contributed by atoms with E-state index in [2.05, 4.69) is 22.8 Å². The number of benzene rings is 1. The molecule has 2 rings (SSSR count). The topological polar surface area (TPSA) is 85.0 Å². The first-order valence-corrected chi connectivity index (χ1v) is 12.2. The highest BCUT2D eigenvalue weighted by atomic mass is 16.2. The predicted molar refractivity (Wildman–Crippen MR) is 135 cm³/mol. The normalized spacial score (nSPS) is 17.0. The molecule has 0 radical (unpaired) electrons. The van der Waals surface area contributed by atoms with Gasteiger partial charge in [0.15, 0.2) is 0 Å². The second kappa shape index (κ2) is 12.9. The van der Waals surface area contributed by atoms with Crippen LogP contribution in [-0.2, 0) is 20.8 Å². The Morgan fingerprint density at radius 1 is 1.15 bits per heavy atom. The highest BCUT2D eigenvalue weighted by Crippen LogP contribution is 2.26. The van der Waals surface area contributed by atoms with Gasteiger partial charge in [0.05, 0.1) is 13.1 Å². The maximum atomic E-state index is 13.6. The second-order valence-corrected chi connectivity index (χ2v) is 10.5. The summed E-state index contributed by atoms with van der Waals surface area (Å²) in [6.07, 6.45) is 2.52. The molecular weight excluding hydrogens is 430 g/mol. The number of likely N-dealkylation sites (tertiary alicyclic amines) is 1. The van der Waals surface area contributed by atoms with Crippen LogP contribution in [0, 0.1) is 5.41 Å². The van der Waals surface area contributed by atoms with Crippen molar-refractivity contribution >= 4 is 17.7 Å². The lowest BCUT2D eigenvalue weighted by molar-refractivity contribution is -0.141. The Hall–Kier alpha value is -2.45. The van der Waals surface area contributed by atoms with E-state index in [1.165, 1.54) is 5.56 Å². The van der Waals surface area contributed by atoms with Crippen molar-refractivity contribution in [3.05, 3.63) is 35.9 Å². The van der Waals surface area contributed by atoms with Crippen molar-refractivity contribution in [2.24, 2.45) is 5.41 Å². The number of rotatable bonds is 11. The molecule has 190 valence electrons. The molecule has 1 aromatic carbocycles. The Balaban J connectivity index is 2.16. The van der Waals surface area contributed by atoms with Gasteiger partial charge in [0.1, 0.15) is 6.04 Å². The van der Waals surface area contributed by atoms with E-state index in [1.807, 2.05) is 67.8 Å². The predicted octanol–water partition coefficient (Wildman–Crippen LogP) is 1.36. The van der Waals surface area contributed by atoms with E-state index in [9.17, 15) is 14.4 Å². The van der Waals surface area contributed by atoms with Crippen LogP contribution in [0.5, 0.6) is 0 Å². The summed E-state index contributed by atoms with van der Waals surface area (Å²) in [7, 11) is 5.49. The molecule has 1 aromatic rings. The Morgan fingerprint density at radius 3 is 2.41 bits per heavy atom. The molecule has 34 heavy (non-hydrogen) atoms. The first-order chi connectivity index (χ1) is 16.0. The van der Waals surface area contributed by atoms with Gasteiger partial charge in [-0.1, -0.05) is 51.1 Å². The van der Waals surface area contributed by atoms with E-state index < -0.39 is 11.5 Å². The molecule has 8 nitrogen and oxygen atoms in total. The fraction of sp³-hybridized carbons (Fsp3) is 0.654. The van der Waals surface area contributed by atoms with Crippen LogP contribution in [0.3, 0.4) is 0 Å². The number of amides is 3. The van der Waals surface area contributed by atoms with Crippen LogP contribution in [0.15, 0.2) is 30.3 Å². The van der Waals surface area contributed by atoms with Crippen molar-refractivity contribution in [2.45, 2.75) is 52.1 Å². The number of nitrogens with zero attached hydrogens (tertiary/aromatic N) is 3. The lowest BCUT2D eigenvalue weighted by Crippen LogP contribution is -2.58. The summed E-state index contributed by atoms with van der Waals surface area (Å²) in [5.41, 5.74) is 0.756. The average Bonchev–Trinajstić information content (AvgIpc) is 3.22. The molecule has 1 aliphatic heterocycles. The summed E-state index contributed by atoms with van der Waals surface area (Å²) in [4.78, 5) is 44.6. The van der Waals surface area contributed by atoms with Crippen LogP contribution < -0.4 is 10.6 Å². The van der Waals surface area contributed by atoms with Gasteiger partial charge in [0, 0.05) is 25.7 Å². The third kappa shape index (κ3) is 8.40. The zero-order valence-corrected chi connectivity index (χ0v) is 21.8.